The highest BCUT2D eigenvalue weighted by atomic mass is 19.1. The average molecular weight is 290 g/mol. The minimum absolute atomic E-state index is 0.218. The van der Waals surface area contributed by atoms with Gasteiger partial charge in [0.15, 0.2) is 0 Å². The zero-order chi connectivity index (χ0) is 15.4. The van der Waals surface area contributed by atoms with Crippen molar-refractivity contribution in [3.8, 4) is 6.07 Å². The fourth-order valence-electron chi connectivity index (χ4n) is 1.75. The summed E-state index contributed by atoms with van der Waals surface area (Å²) in [5, 5.41) is 10.8. The molecule has 0 spiro atoms. The molecule has 0 saturated carbocycles. The Kier molecular flexibility index (Phi) is 4.24. The lowest BCUT2D eigenvalue weighted by molar-refractivity contribution is 0.101. The van der Waals surface area contributed by atoms with Crippen molar-refractivity contribution in [3.63, 3.8) is 0 Å². The Labute approximate surface area is 118 Å². The molecule has 0 atom stereocenters. The Balaban J connectivity index is 2.20. The van der Waals surface area contributed by atoms with Crippen LogP contribution in [0.1, 0.15) is 15.9 Å². The van der Waals surface area contributed by atoms with Gasteiger partial charge in [0.2, 0.25) is 0 Å². The molecule has 0 unspecified atom stereocenters. The molecule has 3 nitrogen and oxygen atoms in total. The van der Waals surface area contributed by atoms with Crippen LogP contribution in [0.25, 0.3) is 0 Å². The molecule has 0 fully saturated rings. The van der Waals surface area contributed by atoms with E-state index in [0.29, 0.717) is 17.8 Å². The van der Waals surface area contributed by atoms with Gasteiger partial charge in [-0.15, -0.1) is 0 Å². The van der Waals surface area contributed by atoms with Crippen molar-refractivity contribution in [2.75, 3.05) is 5.32 Å². The van der Waals surface area contributed by atoms with E-state index in [1.165, 1.54) is 12.1 Å². The van der Waals surface area contributed by atoms with Crippen LogP contribution < -0.4 is 5.32 Å². The molecular weight excluding hydrogens is 281 g/mol. The fraction of sp³-hybridized carbons (Fsp3) is 0.0667. The number of anilines is 1. The Hall–Kier alpha value is -2.81. The number of nitrogens with one attached hydrogen (secondary N) is 1. The topological polar surface area (TPSA) is 52.9 Å². The van der Waals surface area contributed by atoms with E-state index < -0.39 is 28.9 Å². The summed E-state index contributed by atoms with van der Waals surface area (Å²) in [6, 6.07) is 9.07. The summed E-state index contributed by atoms with van der Waals surface area (Å²) >= 11 is 0. The number of hydrogen-bond acceptors (Lipinski definition) is 2. The summed E-state index contributed by atoms with van der Waals surface area (Å²) in [7, 11) is 0. The molecule has 2 rings (SSSR count). The van der Waals surface area contributed by atoms with Crippen molar-refractivity contribution in [2.24, 2.45) is 0 Å². The standard InChI is InChI=1S/C15H9F3N2O/c16-10-7-12(17)14(13(18)8-10)15(21)20-11-3-1-9(2-4-11)5-6-19/h1-4,7-8H,5H2,(H,20,21). The molecule has 0 radical (unpaired) electrons. The maximum atomic E-state index is 13.5. The normalized spacial score (nSPS) is 10.0. The van der Waals surface area contributed by atoms with Crippen molar-refractivity contribution >= 4 is 11.6 Å². The molecule has 0 aliphatic heterocycles. The Morgan fingerprint density at radius 3 is 2.19 bits per heavy atom. The highest BCUT2D eigenvalue weighted by molar-refractivity contribution is 6.04. The van der Waals surface area contributed by atoms with Gasteiger partial charge in [-0.25, -0.2) is 13.2 Å². The second-order valence-electron chi connectivity index (χ2n) is 4.23. The molecule has 2 aromatic carbocycles. The van der Waals surface area contributed by atoms with Crippen LogP contribution >= 0.6 is 0 Å². The summed E-state index contributed by atoms with van der Waals surface area (Å²) in [4.78, 5) is 11.8. The van der Waals surface area contributed by atoms with Crippen molar-refractivity contribution in [1.82, 2.24) is 0 Å². The first kappa shape index (κ1) is 14.6. The average Bonchev–Trinajstić information content (AvgIpc) is 2.40. The van der Waals surface area contributed by atoms with E-state index in [-0.39, 0.29) is 6.42 Å². The first-order valence-corrected chi connectivity index (χ1v) is 5.93. The van der Waals surface area contributed by atoms with Crippen LogP contribution in [0.4, 0.5) is 18.9 Å². The summed E-state index contributed by atoms with van der Waals surface area (Å²) in [5.74, 6) is -4.65. The molecule has 0 heterocycles. The van der Waals surface area contributed by atoms with Gasteiger partial charge in [0.05, 0.1) is 12.5 Å². The number of amides is 1. The maximum Gasteiger partial charge on any atom is 0.261 e. The molecule has 6 heteroatoms. The minimum Gasteiger partial charge on any atom is -0.322 e. The molecule has 0 aliphatic rings. The highest BCUT2D eigenvalue weighted by Crippen LogP contribution is 2.17. The third-order valence-corrected chi connectivity index (χ3v) is 2.73. The third-order valence-electron chi connectivity index (χ3n) is 2.73. The second-order valence-corrected chi connectivity index (χ2v) is 4.23. The van der Waals surface area contributed by atoms with E-state index in [1.54, 1.807) is 12.1 Å². The monoisotopic (exact) mass is 290 g/mol. The van der Waals surface area contributed by atoms with Gasteiger partial charge < -0.3 is 5.32 Å². The quantitative estimate of drug-likeness (QED) is 0.941. The first-order chi connectivity index (χ1) is 10.0. The van der Waals surface area contributed by atoms with Crippen LogP contribution in [-0.2, 0) is 6.42 Å². The number of carbonyl (C=O) groups is 1. The van der Waals surface area contributed by atoms with Crippen molar-refractivity contribution in [1.29, 1.82) is 5.26 Å². The van der Waals surface area contributed by atoms with Gasteiger partial charge in [-0.1, -0.05) is 12.1 Å². The third kappa shape index (κ3) is 3.39. The van der Waals surface area contributed by atoms with E-state index >= 15 is 0 Å². The molecule has 2 aromatic rings. The summed E-state index contributed by atoms with van der Waals surface area (Å²) in [6.07, 6.45) is 0.218. The van der Waals surface area contributed by atoms with E-state index in [9.17, 15) is 18.0 Å². The SMILES string of the molecule is N#CCc1ccc(NC(=O)c2c(F)cc(F)cc2F)cc1. The van der Waals surface area contributed by atoms with E-state index in [4.69, 9.17) is 5.26 Å². The smallest absolute Gasteiger partial charge is 0.261 e. The predicted molar refractivity (Wildman–Crippen MR) is 70.0 cm³/mol. The molecule has 1 N–H and O–H groups in total. The second kappa shape index (κ2) is 6.09. The van der Waals surface area contributed by atoms with Crippen molar-refractivity contribution < 1.29 is 18.0 Å². The Bertz CT molecular complexity index is 698. The predicted octanol–water partition coefficient (Wildman–Crippen LogP) is 3.42. The molecular formula is C15H9F3N2O. The molecule has 0 bridgehead atoms. The maximum absolute atomic E-state index is 13.5. The number of hydrogen-bond donors (Lipinski definition) is 1. The van der Waals surface area contributed by atoms with Crippen LogP contribution in [0.3, 0.4) is 0 Å². The fourth-order valence-corrected chi connectivity index (χ4v) is 1.75. The largest absolute Gasteiger partial charge is 0.322 e. The van der Waals surface area contributed by atoms with E-state index in [2.05, 4.69) is 5.32 Å². The van der Waals surface area contributed by atoms with Crippen LogP contribution in [0, 0.1) is 28.8 Å². The number of nitrogens with zero attached hydrogens (tertiary/aromatic N) is 1. The number of nitriles is 1. The first-order valence-electron chi connectivity index (χ1n) is 5.93. The van der Waals surface area contributed by atoms with Gasteiger partial charge in [0.1, 0.15) is 23.0 Å². The lowest BCUT2D eigenvalue weighted by Crippen LogP contribution is -2.16. The molecule has 0 aromatic heterocycles. The van der Waals surface area contributed by atoms with Crippen LogP contribution in [0.2, 0.25) is 0 Å². The number of benzene rings is 2. The van der Waals surface area contributed by atoms with E-state index in [0.717, 1.165) is 5.56 Å². The van der Waals surface area contributed by atoms with Crippen LogP contribution in [0.5, 0.6) is 0 Å². The van der Waals surface area contributed by atoms with Gasteiger partial charge in [-0.05, 0) is 17.7 Å². The van der Waals surface area contributed by atoms with Crippen molar-refractivity contribution in [2.45, 2.75) is 6.42 Å². The van der Waals surface area contributed by atoms with E-state index in [1.807, 2.05) is 6.07 Å². The van der Waals surface area contributed by atoms with Crippen molar-refractivity contribution in [3.05, 3.63) is 65.0 Å². The lowest BCUT2D eigenvalue weighted by Gasteiger charge is -2.07. The zero-order valence-electron chi connectivity index (χ0n) is 10.7. The van der Waals surface area contributed by atoms with Gasteiger partial charge >= 0.3 is 0 Å². The van der Waals surface area contributed by atoms with Crippen LogP contribution in [-0.4, -0.2) is 5.91 Å². The molecule has 1 amide bonds. The summed E-state index contributed by atoms with van der Waals surface area (Å²) in [5.41, 5.74) is 0.206. The summed E-state index contributed by atoms with van der Waals surface area (Å²) in [6.45, 7) is 0. The molecule has 0 saturated heterocycles. The van der Waals surface area contributed by atoms with Gasteiger partial charge in [-0.2, -0.15) is 5.26 Å². The molecule has 0 aliphatic carbocycles. The lowest BCUT2D eigenvalue weighted by atomic mass is 10.1. The summed E-state index contributed by atoms with van der Waals surface area (Å²) < 4.78 is 39.7. The number of carbonyl (C=O) groups excluding carboxylic acids is 1. The van der Waals surface area contributed by atoms with Gasteiger partial charge in [-0.3, -0.25) is 4.79 Å². The van der Waals surface area contributed by atoms with Gasteiger partial charge in [0, 0.05) is 17.8 Å². The molecule has 21 heavy (non-hydrogen) atoms. The minimum atomic E-state index is -1.27. The Morgan fingerprint density at radius 2 is 1.67 bits per heavy atom. The number of halogens is 3. The van der Waals surface area contributed by atoms with Gasteiger partial charge in [0.25, 0.3) is 5.91 Å². The zero-order valence-corrected chi connectivity index (χ0v) is 10.7. The highest BCUT2D eigenvalue weighted by Gasteiger charge is 2.19. The Morgan fingerprint density at radius 1 is 1.10 bits per heavy atom. The molecule has 106 valence electrons. The van der Waals surface area contributed by atoms with Crippen LogP contribution in [0.15, 0.2) is 36.4 Å². The number of rotatable bonds is 3.